The molecule has 0 atom stereocenters. The van der Waals surface area contributed by atoms with Crippen LogP contribution in [0.3, 0.4) is 0 Å². The van der Waals surface area contributed by atoms with E-state index in [-0.39, 0.29) is 11.6 Å². The van der Waals surface area contributed by atoms with Crippen molar-refractivity contribution in [2.45, 2.75) is 0 Å². The molecule has 1 N–H and O–H groups in total. The smallest absolute Gasteiger partial charge is 0.276 e. The second-order valence-electron chi connectivity index (χ2n) is 5.08. The lowest BCUT2D eigenvalue weighted by Gasteiger charge is -2.09. The number of carbonyl (C=O) groups excluding carboxylic acids is 1. The Kier molecular flexibility index (Phi) is 3.91. The van der Waals surface area contributed by atoms with Crippen molar-refractivity contribution < 1.29 is 19.2 Å². The first-order chi connectivity index (χ1) is 11.5. The first-order valence-corrected chi connectivity index (χ1v) is 7.08. The van der Waals surface area contributed by atoms with Crippen LogP contribution < -0.4 is 14.8 Å². The van der Waals surface area contributed by atoms with E-state index in [1.165, 1.54) is 26.4 Å². The molecular weight excluding hydrogens is 312 g/mol. The number of rotatable bonds is 4. The van der Waals surface area contributed by atoms with Gasteiger partial charge in [0.25, 0.3) is 11.6 Å². The molecule has 0 radical (unpaired) electrons. The lowest BCUT2D eigenvalue weighted by molar-refractivity contribution is -0.385. The molecule has 0 saturated heterocycles. The number of amides is 1. The Morgan fingerprint density at radius 2 is 1.79 bits per heavy atom. The fraction of sp³-hybridized carbons (Fsp3) is 0.118. The van der Waals surface area contributed by atoms with Gasteiger partial charge in [0.1, 0.15) is 0 Å². The molecule has 0 aromatic heterocycles. The summed E-state index contributed by atoms with van der Waals surface area (Å²) >= 11 is 0. The summed E-state index contributed by atoms with van der Waals surface area (Å²) < 4.78 is 10.5. The number of ether oxygens (including phenoxy) is 2. The standard InChI is InChI=1S/C17H14N2O5/c1-23-15-8-11-12(17(20)18-13(11)9-16(15)24-2)7-10-5-3-4-6-14(10)19(21)22/h3-9H,1-2H3,(H,18,20). The zero-order valence-corrected chi connectivity index (χ0v) is 13.0. The topological polar surface area (TPSA) is 90.7 Å². The molecule has 0 saturated carbocycles. The third kappa shape index (κ3) is 2.56. The molecule has 0 spiro atoms. The van der Waals surface area contributed by atoms with E-state index in [2.05, 4.69) is 5.32 Å². The van der Waals surface area contributed by atoms with Gasteiger partial charge < -0.3 is 14.8 Å². The van der Waals surface area contributed by atoms with Crippen molar-refractivity contribution in [2.24, 2.45) is 0 Å². The Hall–Kier alpha value is -3.35. The van der Waals surface area contributed by atoms with Crippen LogP contribution in [0.5, 0.6) is 11.5 Å². The van der Waals surface area contributed by atoms with Gasteiger partial charge in [-0.1, -0.05) is 12.1 Å². The molecule has 2 aromatic rings. The van der Waals surface area contributed by atoms with Crippen molar-refractivity contribution in [3.8, 4) is 11.5 Å². The van der Waals surface area contributed by atoms with Gasteiger partial charge in [0.15, 0.2) is 11.5 Å². The summed E-state index contributed by atoms with van der Waals surface area (Å²) in [4.78, 5) is 23.0. The average molecular weight is 326 g/mol. The van der Waals surface area contributed by atoms with Crippen molar-refractivity contribution in [2.75, 3.05) is 19.5 Å². The maximum absolute atomic E-state index is 12.3. The minimum absolute atomic E-state index is 0.0632. The second-order valence-corrected chi connectivity index (χ2v) is 5.08. The molecule has 1 amide bonds. The van der Waals surface area contributed by atoms with Gasteiger partial charge in [-0.15, -0.1) is 0 Å². The van der Waals surface area contributed by atoms with E-state index in [9.17, 15) is 14.9 Å². The van der Waals surface area contributed by atoms with Crippen molar-refractivity contribution in [1.82, 2.24) is 0 Å². The van der Waals surface area contributed by atoms with Crippen molar-refractivity contribution in [3.05, 3.63) is 57.6 Å². The number of benzene rings is 2. The monoisotopic (exact) mass is 326 g/mol. The lowest BCUT2D eigenvalue weighted by atomic mass is 10.0. The van der Waals surface area contributed by atoms with E-state index in [1.807, 2.05) is 0 Å². The van der Waals surface area contributed by atoms with E-state index < -0.39 is 4.92 Å². The van der Waals surface area contributed by atoms with Gasteiger partial charge in [-0.05, 0) is 18.2 Å². The summed E-state index contributed by atoms with van der Waals surface area (Å²) in [7, 11) is 3.00. The fourth-order valence-corrected chi connectivity index (χ4v) is 2.59. The second kappa shape index (κ2) is 6.04. The first-order valence-electron chi connectivity index (χ1n) is 7.08. The molecule has 0 bridgehead atoms. The summed E-state index contributed by atoms with van der Waals surface area (Å²) in [5, 5.41) is 13.9. The zero-order chi connectivity index (χ0) is 17.3. The molecule has 3 rings (SSSR count). The minimum atomic E-state index is -0.477. The Bertz CT molecular complexity index is 873. The molecule has 7 nitrogen and oxygen atoms in total. The highest BCUT2D eigenvalue weighted by molar-refractivity contribution is 6.35. The number of fused-ring (bicyclic) bond motifs is 1. The predicted octanol–water partition coefficient (Wildman–Crippen LogP) is 3.10. The highest BCUT2D eigenvalue weighted by Crippen LogP contribution is 2.41. The van der Waals surface area contributed by atoms with Gasteiger partial charge in [-0.3, -0.25) is 14.9 Å². The van der Waals surface area contributed by atoms with Crippen LogP contribution in [0.25, 0.3) is 11.6 Å². The molecule has 1 heterocycles. The Labute approximate surface area is 137 Å². The maximum Gasteiger partial charge on any atom is 0.276 e. The van der Waals surface area contributed by atoms with Crippen LogP contribution in [0.4, 0.5) is 11.4 Å². The van der Waals surface area contributed by atoms with Gasteiger partial charge in [0, 0.05) is 23.3 Å². The van der Waals surface area contributed by atoms with Crippen LogP contribution in [0.1, 0.15) is 11.1 Å². The van der Waals surface area contributed by atoms with Gasteiger partial charge in [-0.25, -0.2) is 0 Å². The Morgan fingerprint density at radius 1 is 1.12 bits per heavy atom. The molecule has 0 fully saturated rings. The van der Waals surface area contributed by atoms with E-state index >= 15 is 0 Å². The number of nitrogens with one attached hydrogen (secondary N) is 1. The van der Waals surface area contributed by atoms with E-state index in [0.29, 0.717) is 33.9 Å². The summed E-state index contributed by atoms with van der Waals surface area (Å²) in [6, 6.07) is 9.59. The molecule has 2 aromatic carbocycles. The number of nitro groups is 1. The van der Waals surface area contributed by atoms with E-state index in [1.54, 1.807) is 30.3 Å². The van der Waals surface area contributed by atoms with Crippen LogP contribution in [-0.2, 0) is 4.79 Å². The highest BCUT2D eigenvalue weighted by Gasteiger charge is 2.27. The third-order valence-electron chi connectivity index (χ3n) is 3.74. The molecule has 122 valence electrons. The van der Waals surface area contributed by atoms with Gasteiger partial charge in [-0.2, -0.15) is 0 Å². The quantitative estimate of drug-likeness (QED) is 0.529. The largest absolute Gasteiger partial charge is 0.493 e. The Morgan fingerprint density at radius 3 is 2.46 bits per heavy atom. The fourth-order valence-electron chi connectivity index (χ4n) is 2.59. The normalized spacial score (nSPS) is 14.2. The molecule has 0 aliphatic carbocycles. The van der Waals surface area contributed by atoms with Gasteiger partial charge in [0.05, 0.1) is 30.4 Å². The average Bonchev–Trinajstić information content (AvgIpc) is 2.88. The number of hydrogen-bond acceptors (Lipinski definition) is 5. The zero-order valence-electron chi connectivity index (χ0n) is 13.0. The Balaban J connectivity index is 2.15. The SMILES string of the molecule is COc1cc2c(cc1OC)C(=Cc1ccccc1[N+](=O)[O-])C(=O)N2. The number of nitrogens with zero attached hydrogens (tertiary/aromatic N) is 1. The highest BCUT2D eigenvalue weighted by atomic mass is 16.6. The number of carbonyl (C=O) groups is 1. The lowest BCUT2D eigenvalue weighted by Crippen LogP contribution is -2.03. The van der Waals surface area contributed by atoms with Gasteiger partial charge >= 0.3 is 0 Å². The number of methoxy groups -OCH3 is 2. The van der Waals surface area contributed by atoms with Crippen molar-refractivity contribution in [1.29, 1.82) is 0 Å². The predicted molar refractivity (Wildman–Crippen MR) is 89.1 cm³/mol. The van der Waals surface area contributed by atoms with E-state index in [4.69, 9.17) is 9.47 Å². The van der Waals surface area contributed by atoms with Crippen LogP contribution in [-0.4, -0.2) is 25.1 Å². The molecular formula is C17H14N2O5. The van der Waals surface area contributed by atoms with Crippen LogP contribution in [0.15, 0.2) is 36.4 Å². The van der Waals surface area contributed by atoms with E-state index in [0.717, 1.165) is 0 Å². The molecule has 7 heteroatoms. The molecule has 1 aliphatic heterocycles. The third-order valence-corrected chi connectivity index (χ3v) is 3.74. The number of nitro benzene ring substituents is 1. The summed E-state index contributed by atoms with van der Waals surface area (Å²) in [5.74, 6) is 0.628. The molecule has 1 aliphatic rings. The molecule has 24 heavy (non-hydrogen) atoms. The number of anilines is 1. The van der Waals surface area contributed by atoms with Crippen LogP contribution >= 0.6 is 0 Å². The minimum Gasteiger partial charge on any atom is -0.493 e. The number of para-hydroxylation sites is 1. The number of hydrogen-bond donors (Lipinski definition) is 1. The van der Waals surface area contributed by atoms with Gasteiger partial charge in [0.2, 0.25) is 0 Å². The summed E-state index contributed by atoms with van der Waals surface area (Å²) in [5.41, 5.74) is 1.81. The van der Waals surface area contributed by atoms with Crippen LogP contribution in [0, 0.1) is 10.1 Å². The van der Waals surface area contributed by atoms with Crippen molar-refractivity contribution in [3.63, 3.8) is 0 Å². The maximum atomic E-state index is 12.3. The van der Waals surface area contributed by atoms with Crippen LogP contribution in [0.2, 0.25) is 0 Å². The van der Waals surface area contributed by atoms with Crippen molar-refractivity contribution >= 4 is 28.9 Å². The summed E-state index contributed by atoms with van der Waals surface area (Å²) in [6.07, 6.45) is 1.51. The first kappa shape index (κ1) is 15.5. The molecule has 0 unspecified atom stereocenters. The summed E-state index contributed by atoms with van der Waals surface area (Å²) in [6.45, 7) is 0.